The van der Waals surface area contributed by atoms with E-state index in [9.17, 15) is 4.79 Å². The molecule has 1 fully saturated rings. The summed E-state index contributed by atoms with van der Waals surface area (Å²) in [6, 6.07) is 7.60. The summed E-state index contributed by atoms with van der Waals surface area (Å²) in [5, 5.41) is 0.632. The first-order chi connectivity index (χ1) is 13.2. The highest BCUT2D eigenvalue weighted by atomic mass is 16.1. The van der Waals surface area contributed by atoms with Gasteiger partial charge in [0.25, 0.3) is 0 Å². The first kappa shape index (κ1) is 17.3. The van der Waals surface area contributed by atoms with Gasteiger partial charge < -0.3 is 16.0 Å². The van der Waals surface area contributed by atoms with Crippen LogP contribution in [0, 0.1) is 11.8 Å². The minimum atomic E-state index is -0.102. The Morgan fingerprint density at radius 1 is 1.26 bits per heavy atom. The summed E-state index contributed by atoms with van der Waals surface area (Å²) in [7, 11) is 0. The molecule has 0 aliphatic heterocycles. The van der Waals surface area contributed by atoms with Gasteiger partial charge >= 0.3 is 0 Å². The molecule has 1 aliphatic rings. The molecule has 4 N–H and O–H groups in total. The van der Waals surface area contributed by atoms with Gasteiger partial charge in [0.15, 0.2) is 5.78 Å². The van der Waals surface area contributed by atoms with Crippen LogP contribution in [0.25, 0.3) is 11.0 Å². The third kappa shape index (κ3) is 3.18. The van der Waals surface area contributed by atoms with Crippen molar-refractivity contribution in [3.05, 3.63) is 53.5 Å². The third-order valence-corrected chi connectivity index (χ3v) is 5.06. The van der Waals surface area contributed by atoms with Crippen LogP contribution in [-0.2, 0) is 0 Å². The number of ketones is 1. The summed E-state index contributed by atoms with van der Waals surface area (Å²) >= 11 is 0. The molecular formula is C21H21N5O. The fourth-order valence-electron chi connectivity index (χ4n) is 3.79. The SMILES string of the molecule is NCC#Cc1cccc(C(=O)c2cn(C3CCCC3)c3ncnc(N)c23)c1. The van der Waals surface area contributed by atoms with Crippen molar-refractivity contribution in [3.63, 3.8) is 0 Å². The Hall–Kier alpha value is -3.17. The topological polar surface area (TPSA) is 99.8 Å². The molecular weight excluding hydrogens is 338 g/mol. The molecule has 0 amide bonds. The molecule has 3 aromatic rings. The maximum atomic E-state index is 13.3. The summed E-state index contributed by atoms with van der Waals surface area (Å²) < 4.78 is 2.10. The van der Waals surface area contributed by atoms with Crippen molar-refractivity contribution in [1.82, 2.24) is 14.5 Å². The number of nitrogen functional groups attached to an aromatic ring is 1. The Balaban J connectivity index is 1.82. The summed E-state index contributed by atoms with van der Waals surface area (Å²) in [5.41, 5.74) is 14.2. The molecule has 1 aromatic carbocycles. The molecule has 2 aromatic heterocycles. The van der Waals surface area contributed by atoms with Gasteiger partial charge in [-0.05, 0) is 25.0 Å². The van der Waals surface area contributed by atoms with Crippen LogP contribution in [0.1, 0.15) is 53.2 Å². The highest BCUT2D eigenvalue weighted by Crippen LogP contribution is 2.35. The van der Waals surface area contributed by atoms with Crippen LogP contribution >= 0.6 is 0 Å². The lowest BCUT2D eigenvalue weighted by atomic mass is 10.0. The maximum Gasteiger partial charge on any atom is 0.195 e. The van der Waals surface area contributed by atoms with Gasteiger partial charge in [-0.15, -0.1) is 0 Å². The van der Waals surface area contributed by atoms with E-state index in [-0.39, 0.29) is 12.3 Å². The summed E-state index contributed by atoms with van der Waals surface area (Å²) in [6.07, 6.45) is 7.91. The minimum absolute atomic E-state index is 0.102. The molecule has 27 heavy (non-hydrogen) atoms. The molecule has 0 saturated heterocycles. The summed E-state index contributed by atoms with van der Waals surface area (Å²) in [4.78, 5) is 21.8. The fourth-order valence-corrected chi connectivity index (χ4v) is 3.79. The average Bonchev–Trinajstić information content (AvgIpc) is 3.34. The van der Waals surface area contributed by atoms with Crippen molar-refractivity contribution in [2.45, 2.75) is 31.7 Å². The smallest absolute Gasteiger partial charge is 0.195 e. The molecule has 6 nitrogen and oxygen atoms in total. The number of carbonyl (C=O) groups is 1. The standard InChI is InChI=1S/C21H21N5O/c22-10-4-6-14-5-3-7-15(11-14)19(27)17-12-26(16-8-1-2-9-16)21-18(17)20(23)24-13-25-21/h3,5,7,11-13,16H,1-2,8-10,22H2,(H2,23,24,25). The van der Waals surface area contributed by atoms with Gasteiger partial charge in [0.1, 0.15) is 17.8 Å². The van der Waals surface area contributed by atoms with Crippen molar-refractivity contribution < 1.29 is 4.79 Å². The number of aromatic nitrogens is 3. The zero-order valence-electron chi connectivity index (χ0n) is 15.0. The van der Waals surface area contributed by atoms with Gasteiger partial charge in [0, 0.05) is 23.4 Å². The number of carbonyl (C=O) groups excluding carboxylic acids is 1. The molecule has 0 spiro atoms. The van der Waals surface area contributed by atoms with Crippen LogP contribution in [0.15, 0.2) is 36.8 Å². The van der Waals surface area contributed by atoms with E-state index in [1.54, 1.807) is 12.1 Å². The second-order valence-electron chi connectivity index (χ2n) is 6.76. The lowest BCUT2D eigenvalue weighted by Crippen LogP contribution is -2.04. The van der Waals surface area contributed by atoms with Crippen molar-refractivity contribution >= 4 is 22.6 Å². The number of hydrogen-bond donors (Lipinski definition) is 2. The van der Waals surface area contributed by atoms with E-state index in [0.29, 0.717) is 28.4 Å². The van der Waals surface area contributed by atoms with Gasteiger partial charge in [-0.2, -0.15) is 0 Å². The number of nitrogens with two attached hydrogens (primary N) is 2. The Morgan fingerprint density at radius 3 is 2.85 bits per heavy atom. The number of benzene rings is 1. The molecule has 0 bridgehead atoms. The van der Waals surface area contributed by atoms with Crippen LogP contribution in [0.4, 0.5) is 5.82 Å². The van der Waals surface area contributed by atoms with Gasteiger partial charge in [-0.3, -0.25) is 4.79 Å². The van der Waals surface area contributed by atoms with Crippen LogP contribution in [0.3, 0.4) is 0 Å². The molecule has 4 rings (SSSR count). The second kappa shape index (κ2) is 7.22. The van der Waals surface area contributed by atoms with E-state index in [1.807, 2.05) is 18.3 Å². The van der Waals surface area contributed by atoms with Gasteiger partial charge in [-0.1, -0.05) is 36.8 Å². The van der Waals surface area contributed by atoms with Crippen LogP contribution < -0.4 is 11.5 Å². The van der Waals surface area contributed by atoms with Gasteiger partial charge in [0.05, 0.1) is 17.5 Å². The minimum Gasteiger partial charge on any atom is -0.383 e. The first-order valence-electron chi connectivity index (χ1n) is 9.13. The fraction of sp³-hybridized carbons (Fsp3) is 0.286. The highest BCUT2D eigenvalue weighted by Gasteiger charge is 2.25. The van der Waals surface area contributed by atoms with E-state index < -0.39 is 0 Å². The maximum absolute atomic E-state index is 13.3. The Labute approximate surface area is 157 Å². The molecule has 0 unspecified atom stereocenters. The molecule has 6 heteroatoms. The lowest BCUT2D eigenvalue weighted by molar-refractivity contribution is 0.104. The van der Waals surface area contributed by atoms with Crippen LogP contribution in [-0.4, -0.2) is 26.9 Å². The largest absolute Gasteiger partial charge is 0.383 e. The number of rotatable bonds is 3. The van der Waals surface area contributed by atoms with Gasteiger partial charge in [0.2, 0.25) is 0 Å². The zero-order valence-corrected chi connectivity index (χ0v) is 15.0. The monoisotopic (exact) mass is 359 g/mol. The summed E-state index contributed by atoms with van der Waals surface area (Å²) in [5.74, 6) is 6.01. The Bertz CT molecular complexity index is 1070. The van der Waals surface area contributed by atoms with E-state index in [1.165, 1.54) is 19.2 Å². The highest BCUT2D eigenvalue weighted by molar-refractivity contribution is 6.18. The van der Waals surface area contributed by atoms with Crippen molar-refractivity contribution in [2.24, 2.45) is 5.73 Å². The second-order valence-corrected chi connectivity index (χ2v) is 6.76. The molecule has 0 radical (unpaired) electrons. The number of nitrogens with zero attached hydrogens (tertiary/aromatic N) is 3. The van der Waals surface area contributed by atoms with Crippen molar-refractivity contribution in [2.75, 3.05) is 12.3 Å². The quantitative estimate of drug-likeness (QED) is 0.553. The summed E-state index contributed by atoms with van der Waals surface area (Å²) in [6.45, 7) is 0.279. The average molecular weight is 359 g/mol. The van der Waals surface area contributed by atoms with E-state index in [2.05, 4.69) is 26.4 Å². The van der Waals surface area contributed by atoms with Crippen molar-refractivity contribution in [3.8, 4) is 11.8 Å². The molecule has 2 heterocycles. The zero-order chi connectivity index (χ0) is 18.8. The number of hydrogen-bond acceptors (Lipinski definition) is 5. The van der Waals surface area contributed by atoms with E-state index in [0.717, 1.165) is 24.1 Å². The van der Waals surface area contributed by atoms with Gasteiger partial charge in [-0.25, -0.2) is 9.97 Å². The van der Waals surface area contributed by atoms with E-state index >= 15 is 0 Å². The molecule has 1 saturated carbocycles. The Kier molecular flexibility index (Phi) is 4.61. The number of fused-ring (bicyclic) bond motifs is 1. The lowest BCUT2D eigenvalue weighted by Gasteiger charge is -2.12. The predicted octanol–water partition coefficient (Wildman–Crippen LogP) is 2.67. The predicted molar refractivity (Wildman–Crippen MR) is 105 cm³/mol. The normalized spacial score (nSPS) is 14.3. The Morgan fingerprint density at radius 2 is 2.07 bits per heavy atom. The van der Waals surface area contributed by atoms with Crippen LogP contribution in [0.5, 0.6) is 0 Å². The molecule has 1 aliphatic carbocycles. The first-order valence-corrected chi connectivity index (χ1v) is 9.13. The van der Waals surface area contributed by atoms with E-state index in [4.69, 9.17) is 11.5 Å². The molecule has 136 valence electrons. The van der Waals surface area contributed by atoms with Crippen LogP contribution in [0.2, 0.25) is 0 Å². The number of anilines is 1. The third-order valence-electron chi connectivity index (χ3n) is 5.06. The molecule has 0 atom stereocenters. The van der Waals surface area contributed by atoms with Crippen molar-refractivity contribution in [1.29, 1.82) is 0 Å².